The summed E-state index contributed by atoms with van der Waals surface area (Å²) >= 11 is 0. The SMILES string of the molecule is CC(C)CC(NC(=O)C(CCCCN)NC(=O)C(N)CCCN=C(N)N)C(=O)NCC(=O)O. The van der Waals surface area contributed by atoms with Crippen LogP contribution >= 0.6 is 0 Å². The van der Waals surface area contributed by atoms with E-state index in [1.54, 1.807) is 0 Å². The number of nitrogens with one attached hydrogen (secondary N) is 3. The number of carbonyl (C=O) groups excluding carboxylic acids is 3. The Bertz CT molecular complexity index is 667. The summed E-state index contributed by atoms with van der Waals surface area (Å²) in [4.78, 5) is 52.4. The van der Waals surface area contributed by atoms with Gasteiger partial charge in [-0.25, -0.2) is 0 Å². The predicted molar refractivity (Wildman–Crippen MR) is 125 cm³/mol. The molecule has 0 aromatic rings. The number of guanidine groups is 1. The Labute approximate surface area is 194 Å². The summed E-state index contributed by atoms with van der Waals surface area (Å²) in [5.41, 5.74) is 22.0. The molecule has 33 heavy (non-hydrogen) atoms. The first kappa shape index (κ1) is 30.1. The molecule has 0 saturated carbocycles. The van der Waals surface area contributed by atoms with E-state index in [2.05, 4.69) is 20.9 Å². The van der Waals surface area contributed by atoms with Crippen LogP contribution in [0.5, 0.6) is 0 Å². The van der Waals surface area contributed by atoms with Gasteiger partial charge >= 0.3 is 5.97 Å². The van der Waals surface area contributed by atoms with Crippen LogP contribution in [0.4, 0.5) is 0 Å². The summed E-state index contributed by atoms with van der Waals surface area (Å²) < 4.78 is 0. The van der Waals surface area contributed by atoms with Crippen LogP contribution in [0.15, 0.2) is 4.99 Å². The fraction of sp³-hybridized carbons (Fsp3) is 0.750. The first-order valence-electron chi connectivity index (χ1n) is 11.1. The van der Waals surface area contributed by atoms with Gasteiger partial charge in [0.1, 0.15) is 18.6 Å². The number of nitrogens with zero attached hydrogens (tertiary/aromatic N) is 1. The maximum atomic E-state index is 12.9. The number of carboxylic acid groups (broad SMARTS) is 1. The zero-order chi connectivity index (χ0) is 25.4. The first-order valence-corrected chi connectivity index (χ1v) is 11.1. The standard InChI is InChI=1S/C20H40N8O5/c1-12(2)10-15(18(32)26-11-16(29)30)28-19(33)14(7-3-4-8-21)27-17(31)13(22)6-5-9-25-20(23)24/h12-15H,3-11,21-22H2,1-2H3,(H,26,32)(H,27,31)(H,28,33)(H,29,30)(H4,23,24,25). The molecule has 3 amide bonds. The average Bonchev–Trinajstić information content (AvgIpc) is 2.72. The Hall–Kier alpha value is -2.93. The molecule has 13 nitrogen and oxygen atoms in total. The monoisotopic (exact) mass is 472 g/mol. The minimum atomic E-state index is -1.20. The maximum Gasteiger partial charge on any atom is 0.322 e. The lowest BCUT2D eigenvalue weighted by molar-refractivity contribution is -0.138. The summed E-state index contributed by atoms with van der Waals surface area (Å²) in [6.07, 6.45) is 2.63. The molecule has 0 rings (SSSR count). The van der Waals surface area contributed by atoms with Gasteiger partial charge in [0.2, 0.25) is 17.7 Å². The van der Waals surface area contributed by atoms with E-state index in [9.17, 15) is 19.2 Å². The number of carbonyl (C=O) groups is 4. The summed E-state index contributed by atoms with van der Waals surface area (Å²) in [5.74, 6) is -2.86. The molecule has 0 fully saturated rings. The van der Waals surface area contributed by atoms with E-state index >= 15 is 0 Å². The Morgan fingerprint density at radius 1 is 0.909 bits per heavy atom. The molecule has 0 aromatic heterocycles. The van der Waals surface area contributed by atoms with Crippen LogP contribution in [0.2, 0.25) is 0 Å². The van der Waals surface area contributed by atoms with Crippen LogP contribution in [0.25, 0.3) is 0 Å². The highest BCUT2D eigenvalue weighted by Crippen LogP contribution is 2.08. The predicted octanol–water partition coefficient (Wildman–Crippen LogP) is -2.29. The lowest BCUT2D eigenvalue weighted by Crippen LogP contribution is -2.56. The Balaban J connectivity index is 5.16. The van der Waals surface area contributed by atoms with Gasteiger partial charge in [-0.3, -0.25) is 24.2 Å². The number of aliphatic carboxylic acids is 1. The smallest absolute Gasteiger partial charge is 0.322 e. The molecule has 0 heterocycles. The molecule has 0 bridgehead atoms. The van der Waals surface area contributed by atoms with Gasteiger partial charge < -0.3 is 44.0 Å². The summed E-state index contributed by atoms with van der Waals surface area (Å²) in [6, 6.07) is -2.73. The van der Waals surface area contributed by atoms with Crippen molar-refractivity contribution in [1.82, 2.24) is 16.0 Å². The highest BCUT2D eigenvalue weighted by atomic mass is 16.4. The van der Waals surface area contributed by atoms with Crippen molar-refractivity contribution in [2.45, 2.75) is 70.5 Å². The van der Waals surface area contributed by atoms with Crippen molar-refractivity contribution < 1.29 is 24.3 Å². The maximum absolute atomic E-state index is 12.9. The molecular formula is C20H40N8O5. The molecule has 3 atom stereocenters. The van der Waals surface area contributed by atoms with E-state index in [1.165, 1.54) is 0 Å². The topological polar surface area (TPSA) is 241 Å². The van der Waals surface area contributed by atoms with Gasteiger partial charge in [-0.15, -0.1) is 0 Å². The van der Waals surface area contributed by atoms with Crippen LogP contribution in [0, 0.1) is 5.92 Å². The van der Waals surface area contributed by atoms with Crippen molar-refractivity contribution in [2.24, 2.45) is 33.8 Å². The second kappa shape index (κ2) is 16.7. The minimum absolute atomic E-state index is 0.0481. The van der Waals surface area contributed by atoms with Crippen LogP contribution in [-0.4, -0.2) is 72.5 Å². The second-order valence-electron chi connectivity index (χ2n) is 8.20. The number of amides is 3. The highest BCUT2D eigenvalue weighted by molar-refractivity contribution is 5.93. The number of hydrogen-bond donors (Lipinski definition) is 8. The van der Waals surface area contributed by atoms with E-state index in [-0.39, 0.29) is 11.9 Å². The number of hydrogen-bond acceptors (Lipinski definition) is 7. The zero-order valence-electron chi connectivity index (χ0n) is 19.5. The number of unbranched alkanes of at least 4 members (excludes halogenated alkanes) is 1. The summed E-state index contributed by atoms with van der Waals surface area (Å²) in [6.45, 7) is 3.93. The average molecular weight is 473 g/mol. The Kier molecular flexibility index (Phi) is 15.2. The molecule has 190 valence electrons. The molecule has 3 unspecified atom stereocenters. The number of aliphatic imine (C=N–C) groups is 1. The van der Waals surface area contributed by atoms with Crippen molar-refractivity contribution in [1.29, 1.82) is 0 Å². The van der Waals surface area contributed by atoms with Crippen LogP contribution in [0.3, 0.4) is 0 Å². The molecule has 12 N–H and O–H groups in total. The van der Waals surface area contributed by atoms with E-state index < -0.39 is 48.4 Å². The molecule has 0 spiro atoms. The molecule has 0 saturated heterocycles. The number of carboxylic acids is 1. The van der Waals surface area contributed by atoms with Gasteiger partial charge in [0.25, 0.3) is 0 Å². The zero-order valence-corrected chi connectivity index (χ0v) is 19.5. The summed E-state index contributed by atoms with van der Waals surface area (Å²) in [5, 5.41) is 16.3. The Morgan fingerprint density at radius 3 is 2.09 bits per heavy atom. The molecule has 0 aromatic carbocycles. The van der Waals surface area contributed by atoms with Crippen molar-refractivity contribution in [3.63, 3.8) is 0 Å². The van der Waals surface area contributed by atoms with Crippen molar-refractivity contribution in [3.05, 3.63) is 0 Å². The first-order chi connectivity index (χ1) is 15.5. The molecule has 0 aliphatic rings. The second-order valence-corrected chi connectivity index (χ2v) is 8.20. The van der Waals surface area contributed by atoms with Gasteiger partial charge in [-0.1, -0.05) is 13.8 Å². The van der Waals surface area contributed by atoms with Crippen LogP contribution in [0.1, 0.15) is 52.4 Å². The molecular weight excluding hydrogens is 432 g/mol. The lowest BCUT2D eigenvalue weighted by atomic mass is 10.0. The van der Waals surface area contributed by atoms with Crippen molar-refractivity contribution in [2.75, 3.05) is 19.6 Å². The third-order valence-corrected chi connectivity index (χ3v) is 4.64. The van der Waals surface area contributed by atoms with Gasteiger partial charge in [-0.05, 0) is 51.0 Å². The summed E-state index contributed by atoms with van der Waals surface area (Å²) in [7, 11) is 0. The number of nitrogens with two attached hydrogens (primary N) is 4. The van der Waals surface area contributed by atoms with Gasteiger partial charge in [0, 0.05) is 6.54 Å². The largest absolute Gasteiger partial charge is 0.480 e. The third kappa shape index (κ3) is 14.7. The van der Waals surface area contributed by atoms with Crippen LogP contribution < -0.4 is 38.9 Å². The quantitative estimate of drug-likeness (QED) is 0.0644. The molecule has 0 aliphatic heterocycles. The van der Waals surface area contributed by atoms with Gasteiger partial charge in [0.05, 0.1) is 6.04 Å². The highest BCUT2D eigenvalue weighted by Gasteiger charge is 2.28. The molecule has 13 heteroatoms. The lowest BCUT2D eigenvalue weighted by Gasteiger charge is -2.25. The van der Waals surface area contributed by atoms with Gasteiger partial charge in [-0.2, -0.15) is 0 Å². The van der Waals surface area contributed by atoms with E-state index in [1.807, 2.05) is 13.8 Å². The minimum Gasteiger partial charge on any atom is -0.480 e. The Morgan fingerprint density at radius 2 is 1.55 bits per heavy atom. The fourth-order valence-corrected chi connectivity index (χ4v) is 2.95. The molecule has 0 aliphatic carbocycles. The van der Waals surface area contributed by atoms with E-state index in [4.69, 9.17) is 28.0 Å². The van der Waals surface area contributed by atoms with Crippen LogP contribution in [-0.2, 0) is 19.2 Å². The van der Waals surface area contributed by atoms with Crippen molar-refractivity contribution in [3.8, 4) is 0 Å². The van der Waals surface area contributed by atoms with E-state index in [0.717, 1.165) is 0 Å². The van der Waals surface area contributed by atoms with Crippen molar-refractivity contribution >= 4 is 29.7 Å². The van der Waals surface area contributed by atoms with Gasteiger partial charge in [0.15, 0.2) is 5.96 Å². The number of rotatable bonds is 17. The normalized spacial score (nSPS) is 13.5. The third-order valence-electron chi connectivity index (χ3n) is 4.64. The molecule has 0 radical (unpaired) electrons. The fourth-order valence-electron chi connectivity index (χ4n) is 2.95. The van der Waals surface area contributed by atoms with E-state index in [0.29, 0.717) is 51.6 Å².